The van der Waals surface area contributed by atoms with Gasteiger partial charge in [0.05, 0.1) is 22.4 Å². The molecular formula is C14H17N3O3S. The van der Waals surface area contributed by atoms with Gasteiger partial charge in [0, 0.05) is 6.54 Å². The zero-order valence-corrected chi connectivity index (χ0v) is 13.1. The van der Waals surface area contributed by atoms with Gasteiger partial charge in [-0.1, -0.05) is 0 Å². The summed E-state index contributed by atoms with van der Waals surface area (Å²) in [6, 6.07) is 1.96. The van der Waals surface area contributed by atoms with Crippen molar-refractivity contribution >= 4 is 33.6 Å². The first-order valence-corrected chi connectivity index (χ1v) is 7.76. The molecule has 0 fully saturated rings. The van der Waals surface area contributed by atoms with Gasteiger partial charge in [-0.25, -0.2) is 4.98 Å². The summed E-state index contributed by atoms with van der Waals surface area (Å²) in [4.78, 5) is 30.2. The van der Waals surface area contributed by atoms with E-state index in [4.69, 9.17) is 4.74 Å². The highest BCUT2D eigenvalue weighted by Gasteiger charge is 2.32. The van der Waals surface area contributed by atoms with Gasteiger partial charge in [0.15, 0.2) is 5.65 Å². The van der Waals surface area contributed by atoms with Crippen LogP contribution in [0.25, 0.3) is 10.3 Å². The van der Waals surface area contributed by atoms with Crippen molar-refractivity contribution in [1.82, 2.24) is 14.5 Å². The predicted molar refractivity (Wildman–Crippen MR) is 79.6 cm³/mol. The van der Waals surface area contributed by atoms with Crippen molar-refractivity contribution < 1.29 is 14.3 Å². The molecule has 0 saturated carbocycles. The van der Waals surface area contributed by atoms with E-state index in [9.17, 15) is 9.59 Å². The van der Waals surface area contributed by atoms with Crippen molar-refractivity contribution in [2.24, 2.45) is 0 Å². The fourth-order valence-corrected chi connectivity index (χ4v) is 3.62. The molecule has 2 aromatic heterocycles. The second kappa shape index (κ2) is 5.14. The monoisotopic (exact) mass is 307 g/mol. The molecule has 2 aromatic rings. The Bertz CT molecular complexity index is 718. The standard InChI is InChI=1S/C14H17N3O3S/c1-4-20-12(18)7-16-6-8(2)17-10(14(16)19)5-11-13(17)15-9(3)21-11/h5,8H,4,6-7H2,1-3H3. The lowest BCUT2D eigenvalue weighted by atomic mass is 10.2. The average Bonchev–Trinajstić information content (AvgIpc) is 2.91. The Kier molecular flexibility index (Phi) is 3.44. The number of amides is 1. The van der Waals surface area contributed by atoms with Crippen LogP contribution in [0, 0.1) is 6.92 Å². The number of nitrogens with zero attached hydrogens (tertiary/aromatic N) is 3. The second-order valence-corrected chi connectivity index (χ2v) is 6.39. The molecule has 3 rings (SSSR count). The highest BCUT2D eigenvalue weighted by molar-refractivity contribution is 7.18. The van der Waals surface area contributed by atoms with Crippen LogP contribution in [-0.4, -0.2) is 46.0 Å². The number of aromatic nitrogens is 2. The van der Waals surface area contributed by atoms with E-state index in [1.807, 2.05) is 24.5 Å². The fourth-order valence-electron chi connectivity index (χ4n) is 2.76. The highest BCUT2D eigenvalue weighted by atomic mass is 32.1. The van der Waals surface area contributed by atoms with E-state index < -0.39 is 0 Å². The van der Waals surface area contributed by atoms with Gasteiger partial charge in [-0.3, -0.25) is 9.59 Å². The number of thiazole rings is 1. The van der Waals surface area contributed by atoms with Crippen LogP contribution in [0.2, 0.25) is 0 Å². The molecule has 21 heavy (non-hydrogen) atoms. The van der Waals surface area contributed by atoms with Gasteiger partial charge >= 0.3 is 5.97 Å². The summed E-state index contributed by atoms with van der Waals surface area (Å²) < 4.78 is 7.92. The van der Waals surface area contributed by atoms with Crippen LogP contribution in [0.5, 0.6) is 0 Å². The summed E-state index contributed by atoms with van der Waals surface area (Å²) >= 11 is 1.58. The molecular weight excluding hydrogens is 290 g/mol. The number of fused-ring (bicyclic) bond motifs is 3. The van der Waals surface area contributed by atoms with Crippen LogP contribution < -0.4 is 0 Å². The Labute approximate surface area is 126 Å². The van der Waals surface area contributed by atoms with Crippen molar-refractivity contribution in [2.75, 3.05) is 19.7 Å². The predicted octanol–water partition coefficient (Wildman–Crippen LogP) is 1.99. The minimum absolute atomic E-state index is 0.00228. The van der Waals surface area contributed by atoms with Gasteiger partial charge in [0.1, 0.15) is 12.2 Å². The molecule has 1 atom stereocenters. The van der Waals surface area contributed by atoms with Crippen LogP contribution in [-0.2, 0) is 9.53 Å². The Balaban J connectivity index is 1.94. The van der Waals surface area contributed by atoms with E-state index in [2.05, 4.69) is 4.98 Å². The summed E-state index contributed by atoms with van der Waals surface area (Å²) in [6.45, 7) is 6.56. The maximum atomic E-state index is 12.5. The third-order valence-electron chi connectivity index (χ3n) is 3.55. The zero-order valence-electron chi connectivity index (χ0n) is 12.3. The minimum Gasteiger partial charge on any atom is -0.465 e. The van der Waals surface area contributed by atoms with Gasteiger partial charge in [-0.15, -0.1) is 11.3 Å². The largest absolute Gasteiger partial charge is 0.465 e. The third-order valence-corrected chi connectivity index (χ3v) is 4.46. The van der Waals surface area contributed by atoms with E-state index in [0.29, 0.717) is 18.8 Å². The first-order chi connectivity index (χ1) is 10.0. The minimum atomic E-state index is -0.367. The molecule has 0 N–H and O–H groups in total. The first kappa shape index (κ1) is 14.1. The van der Waals surface area contributed by atoms with Gasteiger partial charge < -0.3 is 14.2 Å². The molecule has 3 heterocycles. The van der Waals surface area contributed by atoms with E-state index in [1.165, 1.54) is 0 Å². The zero-order chi connectivity index (χ0) is 15.1. The summed E-state index contributed by atoms with van der Waals surface area (Å²) in [5.41, 5.74) is 1.47. The van der Waals surface area contributed by atoms with E-state index in [-0.39, 0.29) is 24.5 Å². The average molecular weight is 307 g/mol. The molecule has 0 bridgehead atoms. The molecule has 0 aliphatic carbocycles. The summed E-state index contributed by atoms with van der Waals surface area (Å²) in [5, 5.41) is 0.990. The lowest BCUT2D eigenvalue weighted by molar-refractivity contribution is -0.144. The maximum absolute atomic E-state index is 12.5. The molecule has 1 aliphatic heterocycles. The third kappa shape index (κ3) is 2.31. The lowest BCUT2D eigenvalue weighted by Gasteiger charge is -2.32. The molecule has 1 amide bonds. The number of aryl methyl sites for hydroxylation is 1. The number of hydrogen-bond donors (Lipinski definition) is 0. The van der Waals surface area contributed by atoms with Crippen LogP contribution in [0.15, 0.2) is 6.07 Å². The number of hydrogen-bond acceptors (Lipinski definition) is 5. The number of ether oxygens (including phenoxy) is 1. The number of esters is 1. The van der Waals surface area contributed by atoms with Crippen LogP contribution in [0.3, 0.4) is 0 Å². The number of carbonyl (C=O) groups excluding carboxylic acids is 2. The maximum Gasteiger partial charge on any atom is 0.325 e. The highest BCUT2D eigenvalue weighted by Crippen LogP contribution is 2.32. The van der Waals surface area contributed by atoms with Crippen LogP contribution in [0.4, 0.5) is 0 Å². The quantitative estimate of drug-likeness (QED) is 0.813. The summed E-state index contributed by atoms with van der Waals surface area (Å²) in [7, 11) is 0. The molecule has 1 unspecified atom stereocenters. The van der Waals surface area contributed by atoms with Crippen molar-refractivity contribution in [3.8, 4) is 0 Å². The normalized spacial score (nSPS) is 18.1. The molecule has 112 valence electrons. The SMILES string of the molecule is CCOC(=O)CN1CC(C)n2c(cc3sc(C)nc32)C1=O. The summed E-state index contributed by atoms with van der Waals surface area (Å²) in [5.74, 6) is -0.502. The first-order valence-electron chi connectivity index (χ1n) is 6.94. The Hall–Kier alpha value is -1.89. The molecule has 0 saturated heterocycles. The van der Waals surface area contributed by atoms with Crippen LogP contribution >= 0.6 is 11.3 Å². The molecule has 1 aliphatic rings. The van der Waals surface area contributed by atoms with Gasteiger partial charge in [-0.05, 0) is 26.8 Å². The van der Waals surface area contributed by atoms with E-state index >= 15 is 0 Å². The second-order valence-electron chi connectivity index (χ2n) is 5.16. The Morgan fingerprint density at radius 2 is 2.33 bits per heavy atom. The van der Waals surface area contributed by atoms with Crippen molar-refractivity contribution in [3.05, 3.63) is 16.8 Å². The number of rotatable bonds is 3. The lowest BCUT2D eigenvalue weighted by Crippen LogP contribution is -2.44. The topological polar surface area (TPSA) is 64.4 Å². The Morgan fingerprint density at radius 1 is 1.57 bits per heavy atom. The van der Waals surface area contributed by atoms with Crippen molar-refractivity contribution in [2.45, 2.75) is 26.8 Å². The van der Waals surface area contributed by atoms with E-state index in [1.54, 1.807) is 23.2 Å². The van der Waals surface area contributed by atoms with Gasteiger partial charge in [-0.2, -0.15) is 0 Å². The van der Waals surface area contributed by atoms with Crippen LogP contribution in [0.1, 0.15) is 35.4 Å². The molecule has 0 aromatic carbocycles. The smallest absolute Gasteiger partial charge is 0.325 e. The molecule has 0 radical (unpaired) electrons. The van der Waals surface area contributed by atoms with E-state index in [0.717, 1.165) is 15.4 Å². The fraction of sp³-hybridized carbons (Fsp3) is 0.500. The molecule has 7 heteroatoms. The summed E-state index contributed by atoms with van der Waals surface area (Å²) in [6.07, 6.45) is 0. The molecule has 0 spiro atoms. The van der Waals surface area contributed by atoms with Gasteiger partial charge in [0.25, 0.3) is 5.91 Å². The van der Waals surface area contributed by atoms with Gasteiger partial charge in [0.2, 0.25) is 0 Å². The van der Waals surface area contributed by atoms with Crippen molar-refractivity contribution in [3.63, 3.8) is 0 Å². The number of carbonyl (C=O) groups is 2. The van der Waals surface area contributed by atoms with Crippen molar-refractivity contribution in [1.29, 1.82) is 0 Å². The molecule has 6 nitrogen and oxygen atoms in total. The Morgan fingerprint density at radius 3 is 3.05 bits per heavy atom.